The largest absolute Gasteiger partial charge is 0.454 e. The monoisotopic (exact) mass is 264 g/mol. The number of nitrogens with two attached hydrogens (primary N) is 1. The normalized spacial score (nSPS) is 12.5. The molecule has 0 aromatic heterocycles. The lowest BCUT2D eigenvalue weighted by Gasteiger charge is -2.17. The number of carbonyl (C=O) groups excluding carboxylic acids is 1. The second-order valence-electron chi connectivity index (χ2n) is 4.65. The molecule has 2 rings (SSSR count). The van der Waals surface area contributed by atoms with Crippen molar-refractivity contribution in [3.63, 3.8) is 0 Å². The van der Waals surface area contributed by atoms with Crippen molar-refractivity contribution in [1.29, 1.82) is 0 Å². The van der Waals surface area contributed by atoms with E-state index in [9.17, 15) is 4.79 Å². The highest BCUT2D eigenvalue weighted by molar-refractivity contribution is 5.75. The van der Waals surface area contributed by atoms with Crippen LogP contribution in [0, 0.1) is 0 Å². The Balaban J connectivity index is 1.83. The summed E-state index contributed by atoms with van der Waals surface area (Å²) in [7, 11) is 1.83. The van der Waals surface area contributed by atoms with Gasteiger partial charge in [-0.05, 0) is 37.1 Å². The summed E-state index contributed by atoms with van der Waals surface area (Å²) in [5.74, 6) is 1.72. The maximum absolute atomic E-state index is 11.7. The molecule has 0 spiro atoms. The van der Waals surface area contributed by atoms with E-state index in [1.54, 1.807) is 4.90 Å². The molecule has 0 saturated heterocycles. The average Bonchev–Trinajstić information content (AvgIpc) is 2.89. The number of benzene rings is 1. The maximum atomic E-state index is 11.7. The number of fused-ring (bicyclic) bond motifs is 1. The first kappa shape index (κ1) is 13.7. The van der Waals surface area contributed by atoms with Crippen molar-refractivity contribution in [2.45, 2.75) is 19.3 Å². The summed E-state index contributed by atoms with van der Waals surface area (Å²) in [5.41, 5.74) is 6.54. The van der Waals surface area contributed by atoms with Crippen LogP contribution in [-0.4, -0.2) is 37.7 Å². The van der Waals surface area contributed by atoms with Gasteiger partial charge in [0.15, 0.2) is 11.5 Å². The van der Waals surface area contributed by atoms with Crippen molar-refractivity contribution >= 4 is 5.91 Å². The van der Waals surface area contributed by atoms with Gasteiger partial charge in [-0.1, -0.05) is 6.07 Å². The molecular weight excluding hydrogens is 244 g/mol. The molecule has 1 aromatic carbocycles. The summed E-state index contributed by atoms with van der Waals surface area (Å²) in [5, 5.41) is 0. The third-order valence-corrected chi connectivity index (χ3v) is 3.19. The zero-order chi connectivity index (χ0) is 13.7. The Morgan fingerprint density at radius 2 is 2.16 bits per heavy atom. The zero-order valence-corrected chi connectivity index (χ0v) is 11.2. The molecule has 0 radical (unpaired) electrons. The predicted molar refractivity (Wildman–Crippen MR) is 72.2 cm³/mol. The molecule has 5 heteroatoms. The van der Waals surface area contributed by atoms with E-state index in [1.807, 2.05) is 25.2 Å². The fraction of sp³-hybridized carbons (Fsp3) is 0.500. The molecule has 1 heterocycles. The molecule has 1 aliphatic rings. The van der Waals surface area contributed by atoms with Crippen LogP contribution < -0.4 is 15.2 Å². The van der Waals surface area contributed by atoms with Crippen molar-refractivity contribution in [1.82, 2.24) is 4.90 Å². The van der Waals surface area contributed by atoms with Crippen molar-refractivity contribution in [3.8, 4) is 11.5 Å². The van der Waals surface area contributed by atoms with Crippen LogP contribution in [0.1, 0.15) is 18.4 Å². The zero-order valence-electron chi connectivity index (χ0n) is 11.2. The van der Waals surface area contributed by atoms with Gasteiger partial charge in [0.1, 0.15) is 0 Å². The van der Waals surface area contributed by atoms with Crippen LogP contribution >= 0.6 is 0 Å². The Kier molecular flexibility index (Phi) is 4.63. The van der Waals surface area contributed by atoms with Crippen molar-refractivity contribution in [3.05, 3.63) is 23.8 Å². The molecule has 5 nitrogen and oxygen atoms in total. The predicted octanol–water partition coefficient (Wildman–Crippen LogP) is 1.16. The molecule has 0 bridgehead atoms. The molecule has 104 valence electrons. The number of nitrogens with zero attached hydrogens (tertiary/aromatic N) is 1. The molecule has 0 saturated carbocycles. The Morgan fingerprint density at radius 1 is 1.37 bits per heavy atom. The minimum Gasteiger partial charge on any atom is -0.454 e. The van der Waals surface area contributed by atoms with Gasteiger partial charge in [-0.15, -0.1) is 0 Å². The molecule has 0 aliphatic carbocycles. The van der Waals surface area contributed by atoms with E-state index >= 15 is 0 Å². The van der Waals surface area contributed by atoms with Crippen LogP contribution in [0.5, 0.6) is 11.5 Å². The van der Waals surface area contributed by atoms with E-state index in [0.717, 1.165) is 29.9 Å². The van der Waals surface area contributed by atoms with Crippen LogP contribution in [0.15, 0.2) is 18.2 Å². The van der Waals surface area contributed by atoms with Gasteiger partial charge in [0.2, 0.25) is 12.7 Å². The molecular formula is C14H20N2O3. The van der Waals surface area contributed by atoms with E-state index in [1.165, 1.54) is 0 Å². The topological polar surface area (TPSA) is 64.8 Å². The Labute approximate surface area is 113 Å². The summed E-state index contributed by atoms with van der Waals surface area (Å²) in [6, 6.07) is 5.89. The van der Waals surface area contributed by atoms with Gasteiger partial charge in [0.05, 0.1) is 0 Å². The van der Waals surface area contributed by atoms with Crippen LogP contribution in [0.25, 0.3) is 0 Å². The van der Waals surface area contributed by atoms with E-state index in [0.29, 0.717) is 19.5 Å². The summed E-state index contributed by atoms with van der Waals surface area (Å²) < 4.78 is 10.6. The first-order chi connectivity index (χ1) is 9.20. The van der Waals surface area contributed by atoms with Crippen LogP contribution in [0.4, 0.5) is 0 Å². The lowest BCUT2D eigenvalue weighted by molar-refractivity contribution is -0.129. The number of carbonyl (C=O) groups is 1. The number of amides is 1. The number of hydrogen-bond acceptors (Lipinski definition) is 4. The van der Waals surface area contributed by atoms with Gasteiger partial charge in [-0.3, -0.25) is 4.79 Å². The SMILES string of the molecule is CN(CCc1ccc2c(c1)OCO2)C(=O)CCCN. The fourth-order valence-electron chi connectivity index (χ4n) is 1.96. The van der Waals surface area contributed by atoms with Gasteiger partial charge < -0.3 is 20.1 Å². The summed E-state index contributed by atoms with van der Waals surface area (Å²) in [4.78, 5) is 13.5. The van der Waals surface area contributed by atoms with E-state index in [4.69, 9.17) is 15.2 Å². The third kappa shape index (κ3) is 3.61. The highest BCUT2D eigenvalue weighted by atomic mass is 16.7. The molecule has 0 atom stereocenters. The van der Waals surface area contributed by atoms with Gasteiger partial charge in [-0.2, -0.15) is 0 Å². The minimum atomic E-state index is 0.145. The second kappa shape index (κ2) is 6.43. The quantitative estimate of drug-likeness (QED) is 0.837. The first-order valence-electron chi connectivity index (χ1n) is 6.53. The van der Waals surface area contributed by atoms with Gasteiger partial charge >= 0.3 is 0 Å². The summed E-state index contributed by atoms with van der Waals surface area (Å²) in [6.07, 6.45) is 2.07. The number of likely N-dealkylation sites (N-methyl/N-ethyl adjacent to an activating group) is 1. The van der Waals surface area contributed by atoms with Gasteiger partial charge in [-0.25, -0.2) is 0 Å². The van der Waals surface area contributed by atoms with Crippen molar-refractivity contribution in [2.24, 2.45) is 5.73 Å². The Bertz CT molecular complexity index is 448. The highest BCUT2D eigenvalue weighted by Crippen LogP contribution is 2.32. The third-order valence-electron chi connectivity index (χ3n) is 3.19. The van der Waals surface area contributed by atoms with E-state index < -0.39 is 0 Å². The number of hydrogen-bond donors (Lipinski definition) is 1. The smallest absolute Gasteiger partial charge is 0.231 e. The summed E-state index contributed by atoms with van der Waals surface area (Å²) >= 11 is 0. The fourth-order valence-corrected chi connectivity index (χ4v) is 1.96. The molecule has 0 unspecified atom stereocenters. The van der Waals surface area contributed by atoms with Gasteiger partial charge in [0, 0.05) is 20.0 Å². The lowest BCUT2D eigenvalue weighted by atomic mass is 10.1. The van der Waals surface area contributed by atoms with E-state index in [2.05, 4.69) is 0 Å². The Hall–Kier alpha value is -1.75. The summed E-state index contributed by atoms with van der Waals surface area (Å²) in [6.45, 7) is 1.54. The van der Waals surface area contributed by atoms with Crippen LogP contribution in [-0.2, 0) is 11.2 Å². The Morgan fingerprint density at radius 3 is 2.95 bits per heavy atom. The molecule has 1 amide bonds. The minimum absolute atomic E-state index is 0.145. The second-order valence-corrected chi connectivity index (χ2v) is 4.65. The maximum Gasteiger partial charge on any atom is 0.231 e. The van der Waals surface area contributed by atoms with E-state index in [-0.39, 0.29) is 12.7 Å². The molecule has 1 aromatic rings. The molecule has 19 heavy (non-hydrogen) atoms. The first-order valence-corrected chi connectivity index (χ1v) is 6.53. The van der Waals surface area contributed by atoms with Crippen LogP contribution in [0.2, 0.25) is 0 Å². The lowest BCUT2D eigenvalue weighted by Crippen LogP contribution is -2.29. The van der Waals surface area contributed by atoms with Crippen LogP contribution in [0.3, 0.4) is 0 Å². The number of ether oxygens (including phenoxy) is 2. The molecule has 0 fully saturated rings. The molecule has 1 aliphatic heterocycles. The highest BCUT2D eigenvalue weighted by Gasteiger charge is 2.14. The van der Waals surface area contributed by atoms with Crippen molar-refractivity contribution in [2.75, 3.05) is 26.9 Å². The number of rotatable bonds is 6. The van der Waals surface area contributed by atoms with Gasteiger partial charge in [0.25, 0.3) is 0 Å². The standard InChI is InChI=1S/C14H20N2O3/c1-16(14(17)3-2-7-15)8-6-11-4-5-12-13(9-11)19-10-18-12/h4-5,9H,2-3,6-8,10,15H2,1H3. The molecule has 2 N–H and O–H groups in total. The van der Waals surface area contributed by atoms with Crippen molar-refractivity contribution < 1.29 is 14.3 Å². The average molecular weight is 264 g/mol.